The maximum atomic E-state index is 13.0. The van der Waals surface area contributed by atoms with Gasteiger partial charge in [-0.3, -0.25) is 13.8 Å². The molecule has 76 heavy (non-hydrogen) atoms. The Labute approximate surface area is 475 Å². The van der Waals surface area contributed by atoms with Gasteiger partial charge in [-0.1, -0.05) is 347 Å². The first-order valence-corrected chi connectivity index (χ1v) is 35.6. The van der Waals surface area contributed by atoms with Gasteiger partial charge < -0.3 is 19.8 Å². The third-order valence-electron chi connectivity index (χ3n) is 16.0. The zero-order valence-electron chi connectivity index (χ0n) is 52.0. The molecule has 1 amide bonds. The van der Waals surface area contributed by atoms with E-state index in [4.69, 9.17) is 9.05 Å². The van der Waals surface area contributed by atoms with Gasteiger partial charge in [0.15, 0.2) is 0 Å². The molecule has 0 aliphatic rings. The number of phosphoric ester groups is 1. The molecule has 0 radical (unpaired) electrons. The predicted molar refractivity (Wildman–Crippen MR) is 332 cm³/mol. The van der Waals surface area contributed by atoms with Crippen LogP contribution in [-0.4, -0.2) is 73.4 Å². The van der Waals surface area contributed by atoms with E-state index in [0.29, 0.717) is 17.4 Å². The van der Waals surface area contributed by atoms with E-state index in [1.54, 1.807) is 6.08 Å². The summed E-state index contributed by atoms with van der Waals surface area (Å²) in [5.74, 6) is -0.168. The summed E-state index contributed by atoms with van der Waals surface area (Å²) in [4.78, 5) is 23.4. The number of likely N-dealkylation sites (N-methyl/N-ethyl adjacent to an activating group) is 1. The molecule has 0 saturated heterocycles. The highest BCUT2D eigenvalue weighted by Gasteiger charge is 2.28. The van der Waals surface area contributed by atoms with Gasteiger partial charge in [0.2, 0.25) is 5.91 Å². The molecule has 0 aliphatic heterocycles. The van der Waals surface area contributed by atoms with Gasteiger partial charge in [0.25, 0.3) is 0 Å². The van der Waals surface area contributed by atoms with Gasteiger partial charge in [-0.25, -0.2) is 4.57 Å². The van der Waals surface area contributed by atoms with Gasteiger partial charge in [-0.2, -0.15) is 0 Å². The number of unbranched alkanes of at least 4 members (excludes halogenated alkanes) is 51. The van der Waals surface area contributed by atoms with E-state index >= 15 is 0 Å². The standard InChI is InChI=1S/C67H135N2O6P/c1-6-8-10-12-14-16-18-20-22-24-26-27-28-29-30-31-32-33-34-35-36-37-38-39-40-41-43-45-47-49-51-53-55-57-59-61-67(71)68-65(64-75-76(72,73)74-63-62-69(3,4)5)66(70)60-58-56-54-52-50-48-46-44-42-25-23-21-19-17-15-13-11-9-7-2/h58,60,65-66,70H,6-57,59,61-64H2,1-5H3,(H-,68,71,72,73)/p+1/b60-58+. The quantitative estimate of drug-likeness (QED) is 0.0243. The molecule has 0 aromatic carbocycles. The number of rotatable bonds is 64. The van der Waals surface area contributed by atoms with Gasteiger partial charge in [-0.15, -0.1) is 0 Å². The van der Waals surface area contributed by atoms with Crippen LogP contribution >= 0.6 is 7.82 Å². The summed E-state index contributed by atoms with van der Waals surface area (Å²) in [6.45, 7) is 4.88. The van der Waals surface area contributed by atoms with Crippen molar-refractivity contribution in [2.45, 2.75) is 373 Å². The van der Waals surface area contributed by atoms with Gasteiger partial charge in [0.1, 0.15) is 13.2 Å². The molecule has 0 aromatic heterocycles. The Kier molecular flexibility index (Phi) is 58.3. The highest BCUT2D eigenvalue weighted by Crippen LogP contribution is 2.43. The fourth-order valence-electron chi connectivity index (χ4n) is 10.7. The Morgan fingerprint density at radius 2 is 0.697 bits per heavy atom. The topological polar surface area (TPSA) is 105 Å². The molecule has 3 atom stereocenters. The number of carbonyl (C=O) groups is 1. The highest BCUT2D eigenvalue weighted by molar-refractivity contribution is 7.47. The number of nitrogens with zero attached hydrogens (tertiary/aromatic N) is 1. The van der Waals surface area contributed by atoms with Crippen molar-refractivity contribution in [3.63, 3.8) is 0 Å². The van der Waals surface area contributed by atoms with Gasteiger partial charge >= 0.3 is 7.82 Å². The summed E-state index contributed by atoms with van der Waals surface area (Å²) in [7, 11) is 1.59. The molecule has 454 valence electrons. The van der Waals surface area contributed by atoms with Crippen LogP contribution in [0.3, 0.4) is 0 Å². The number of aliphatic hydroxyl groups is 1. The molecule has 0 aliphatic carbocycles. The van der Waals surface area contributed by atoms with Crippen LogP contribution in [0.1, 0.15) is 361 Å². The molecule has 8 nitrogen and oxygen atoms in total. The van der Waals surface area contributed by atoms with Crippen LogP contribution in [-0.2, 0) is 18.4 Å². The molecule has 0 heterocycles. The minimum Gasteiger partial charge on any atom is -0.387 e. The number of nitrogens with one attached hydrogen (secondary N) is 1. The zero-order chi connectivity index (χ0) is 55.6. The normalized spacial score (nSPS) is 13.7. The summed E-state index contributed by atoms with van der Waals surface area (Å²) in [6.07, 6.45) is 75.0. The van der Waals surface area contributed by atoms with Gasteiger partial charge in [0.05, 0.1) is 39.9 Å². The Balaban J connectivity index is 3.95. The average Bonchev–Trinajstić information content (AvgIpc) is 3.38. The van der Waals surface area contributed by atoms with Crippen molar-refractivity contribution in [1.82, 2.24) is 5.32 Å². The second-order valence-corrected chi connectivity index (χ2v) is 26.4. The van der Waals surface area contributed by atoms with Crippen LogP contribution in [0.15, 0.2) is 12.2 Å². The molecule has 0 aromatic rings. The largest absolute Gasteiger partial charge is 0.472 e. The second-order valence-electron chi connectivity index (χ2n) is 24.9. The molecule has 0 fully saturated rings. The summed E-state index contributed by atoms with van der Waals surface area (Å²) < 4.78 is 23.8. The number of phosphoric acid groups is 1. The number of quaternary nitrogens is 1. The van der Waals surface area contributed by atoms with Crippen molar-refractivity contribution in [1.29, 1.82) is 0 Å². The Hall–Kier alpha value is -0.760. The molecule has 9 heteroatoms. The third-order valence-corrected chi connectivity index (χ3v) is 17.0. The number of carbonyl (C=O) groups excluding carboxylic acids is 1. The van der Waals surface area contributed by atoms with Crippen molar-refractivity contribution in [3.05, 3.63) is 12.2 Å². The van der Waals surface area contributed by atoms with E-state index in [2.05, 4.69) is 19.2 Å². The summed E-state index contributed by atoms with van der Waals surface area (Å²) in [5, 5.41) is 14.0. The number of hydrogen-bond acceptors (Lipinski definition) is 5. The van der Waals surface area contributed by atoms with Crippen molar-refractivity contribution in [2.24, 2.45) is 0 Å². The Morgan fingerprint density at radius 1 is 0.434 bits per heavy atom. The smallest absolute Gasteiger partial charge is 0.387 e. The second kappa shape index (κ2) is 58.9. The van der Waals surface area contributed by atoms with Gasteiger partial charge in [-0.05, 0) is 19.3 Å². The molecular formula is C67H136N2O6P+. The highest BCUT2D eigenvalue weighted by atomic mass is 31.2. The van der Waals surface area contributed by atoms with E-state index in [-0.39, 0.29) is 19.1 Å². The summed E-state index contributed by atoms with van der Waals surface area (Å²) in [5.41, 5.74) is 0. The Bertz CT molecular complexity index is 1240. The lowest BCUT2D eigenvalue weighted by atomic mass is 10.0. The lowest BCUT2D eigenvalue weighted by Crippen LogP contribution is -2.45. The van der Waals surface area contributed by atoms with E-state index in [9.17, 15) is 19.4 Å². The molecular weight excluding hydrogens is 960 g/mol. The molecule has 0 saturated carbocycles. The third kappa shape index (κ3) is 60.9. The van der Waals surface area contributed by atoms with E-state index in [1.807, 2.05) is 27.2 Å². The van der Waals surface area contributed by atoms with E-state index in [1.165, 1.54) is 308 Å². The summed E-state index contributed by atoms with van der Waals surface area (Å²) in [6, 6.07) is -0.843. The van der Waals surface area contributed by atoms with Crippen LogP contribution in [0, 0.1) is 0 Å². The maximum absolute atomic E-state index is 13.0. The molecule has 3 N–H and O–H groups in total. The fraction of sp³-hybridized carbons (Fsp3) is 0.955. The Morgan fingerprint density at radius 3 is 0.974 bits per heavy atom. The predicted octanol–water partition coefficient (Wildman–Crippen LogP) is 21.3. The molecule has 0 rings (SSSR count). The minimum absolute atomic E-state index is 0.0653. The van der Waals surface area contributed by atoms with Crippen LogP contribution in [0.2, 0.25) is 0 Å². The number of allylic oxidation sites excluding steroid dienone is 1. The molecule has 0 spiro atoms. The molecule has 3 unspecified atom stereocenters. The first-order chi connectivity index (χ1) is 37.0. The maximum Gasteiger partial charge on any atom is 0.472 e. The van der Waals surface area contributed by atoms with Crippen molar-refractivity contribution in [3.8, 4) is 0 Å². The first-order valence-electron chi connectivity index (χ1n) is 34.1. The monoisotopic (exact) mass is 1100 g/mol. The fourth-order valence-corrected chi connectivity index (χ4v) is 11.4. The minimum atomic E-state index is -4.35. The van der Waals surface area contributed by atoms with Gasteiger partial charge in [0, 0.05) is 6.42 Å². The van der Waals surface area contributed by atoms with Crippen LogP contribution in [0.4, 0.5) is 0 Å². The zero-order valence-corrected chi connectivity index (χ0v) is 52.9. The SMILES string of the molecule is CCCCCCCCCCCCCCCCCCC/C=C/C(O)C(COP(=O)(O)OCC[N+](C)(C)C)NC(=O)CCCCCCCCCCCCCCCCCCCCCCCCCCCCCCCCCCCCC. The van der Waals surface area contributed by atoms with Crippen molar-refractivity contribution in [2.75, 3.05) is 40.9 Å². The number of aliphatic hydroxyl groups excluding tert-OH is 1. The molecule has 0 bridgehead atoms. The average molecular weight is 1100 g/mol. The summed E-state index contributed by atoms with van der Waals surface area (Å²) >= 11 is 0. The van der Waals surface area contributed by atoms with Crippen LogP contribution in [0.5, 0.6) is 0 Å². The lowest BCUT2D eigenvalue weighted by Gasteiger charge is -2.25. The number of amides is 1. The number of hydrogen-bond donors (Lipinski definition) is 3. The first kappa shape index (κ1) is 75.2. The van der Waals surface area contributed by atoms with Crippen LogP contribution in [0.25, 0.3) is 0 Å². The van der Waals surface area contributed by atoms with Crippen molar-refractivity contribution < 1.29 is 32.9 Å². The van der Waals surface area contributed by atoms with Crippen LogP contribution < -0.4 is 5.32 Å². The van der Waals surface area contributed by atoms with E-state index in [0.717, 1.165) is 32.1 Å². The van der Waals surface area contributed by atoms with Crippen molar-refractivity contribution >= 4 is 13.7 Å². The van der Waals surface area contributed by atoms with E-state index < -0.39 is 20.0 Å². The lowest BCUT2D eigenvalue weighted by molar-refractivity contribution is -0.870.